The summed E-state index contributed by atoms with van der Waals surface area (Å²) in [5.41, 5.74) is 5.43. The number of carbonyl (C=O) groups excluding carboxylic acids is 1. The van der Waals surface area contributed by atoms with E-state index in [2.05, 4.69) is 0 Å². The predicted octanol–water partition coefficient (Wildman–Crippen LogP) is 1.02. The van der Waals surface area contributed by atoms with E-state index in [1.165, 1.54) is 0 Å². The molecule has 0 aromatic rings. The minimum atomic E-state index is 0.208. The van der Waals surface area contributed by atoms with Gasteiger partial charge in [0.1, 0.15) is 0 Å². The van der Waals surface area contributed by atoms with Gasteiger partial charge in [-0.05, 0) is 25.8 Å². The lowest BCUT2D eigenvalue weighted by atomic mass is 10.2. The van der Waals surface area contributed by atoms with E-state index in [9.17, 15) is 4.79 Å². The van der Waals surface area contributed by atoms with Crippen molar-refractivity contribution in [1.82, 2.24) is 4.90 Å². The minimum absolute atomic E-state index is 0.208. The molecule has 0 radical (unpaired) electrons. The van der Waals surface area contributed by atoms with Gasteiger partial charge >= 0.3 is 0 Å². The molecule has 0 heterocycles. The Morgan fingerprint density at radius 2 is 1.72 bits per heavy atom. The molecular weight excluding hydrogens is 232 g/mol. The summed E-state index contributed by atoms with van der Waals surface area (Å²) in [6, 6.07) is 0. The first-order valence-electron chi connectivity index (χ1n) is 6.72. The van der Waals surface area contributed by atoms with Crippen molar-refractivity contribution in [3.05, 3.63) is 0 Å². The number of methoxy groups -OCH3 is 2. The number of nitrogens with two attached hydrogens (primary N) is 1. The Bertz CT molecular complexity index is 201. The molecule has 0 atom stereocenters. The smallest absolute Gasteiger partial charge is 0.222 e. The summed E-state index contributed by atoms with van der Waals surface area (Å²) in [7, 11) is 3.33. The van der Waals surface area contributed by atoms with Crippen molar-refractivity contribution in [2.24, 2.45) is 5.73 Å². The molecule has 2 N–H and O–H groups in total. The first-order chi connectivity index (χ1) is 8.76. The second-order valence-corrected chi connectivity index (χ2v) is 4.32. The van der Waals surface area contributed by atoms with Gasteiger partial charge in [-0.25, -0.2) is 0 Å². The molecule has 0 bridgehead atoms. The fourth-order valence-corrected chi connectivity index (χ4v) is 1.72. The van der Waals surface area contributed by atoms with Crippen LogP contribution < -0.4 is 5.73 Å². The SMILES string of the molecule is COCCCN(CCOC)C(=O)CCCCCN. The topological polar surface area (TPSA) is 64.8 Å². The van der Waals surface area contributed by atoms with E-state index >= 15 is 0 Å². The van der Waals surface area contributed by atoms with Crippen molar-refractivity contribution in [2.75, 3.05) is 47.1 Å². The van der Waals surface area contributed by atoms with E-state index in [1.54, 1.807) is 14.2 Å². The molecule has 5 heteroatoms. The maximum atomic E-state index is 12.0. The number of hydrogen-bond donors (Lipinski definition) is 1. The number of ether oxygens (including phenoxy) is 2. The molecule has 0 fully saturated rings. The van der Waals surface area contributed by atoms with Gasteiger partial charge in [0, 0.05) is 40.3 Å². The van der Waals surface area contributed by atoms with Gasteiger partial charge in [-0.3, -0.25) is 4.79 Å². The van der Waals surface area contributed by atoms with Crippen LogP contribution in [-0.4, -0.2) is 57.9 Å². The van der Waals surface area contributed by atoms with Crippen LogP contribution in [0.15, 0.2) is 0 Å². The van der Waals surface area contributed by atoms with Crippen molar-refractivity contribution in [1.29, 1.82) is 0 Å². The van der Waals surface area contributed by atoms with Gasteiger partial charge in [0.25, 0.3) is 0 Å². The first-order valence-corrected chi connectivity index (χ1v) is 6.72. The van der Waals surface area contributed by atoms with Gasteiger partial charge in [0.2, 0.25) is 5.91 Å². The van der Waals surface area contributed by atoms with E-state index in [4.69, 9.17) is 15.2 Å². The molecule has 0 aliphatic carbocycles. The highest BCUT2D eigenvalue weighted by molar-refractivity contribution is 5.76. The molecule has 0 rings (SSSR count). The zero-order valence-electron chi connectivity index (χ0n) is 11.8. The van der Waals surface area contributed by atoms with Crippen LogP contribution in [0.2, 0.25) is 0 Å². The molecule has 0 aromatic heterocycles. The van der Waals surface area contributed by atoms with Gasteiger partial charge in [-0.2, -0.15) is 0 Å². The summed E-state index contributed by atoms with van der Waals surface area (Å²) >= 11 is 0. The van der Waals surface area contributed by atoms with E-state index in [0.29, 0.717) is 32.7 Å². The Labute approximate surface area is 111 Å². The van der Waals surface area contributed by atoms with Gasteiger partial charge in [-0.1, -0.05) is 6.42 Å². The second-order valence-electron chi connectivity index (χ2n) is 4.32. The Kier molecular flexibility index (Phi) is 12.3. The predicted molar refractivity (Wildman–Crippen MR) is 72.5 cm³/mol. The Morgan fingerprint density at radius 3 is 2.33 bits per heavy atom. The van der Waals surface area contributed by atoms with Crippen LogP contribution in [-0.2, 0) is 14.3 Å². The lowest BCUT2D eigenvalue weighted by Crippen LogP contribution is -2.35. The number of unbranched alkanes of at least 4 members (excludes halogenated alkanes) is 2. The summed E-state index contributed by atoms with van der Waals surface area (Å²) in [4.78, 5) is 13.9. The molecule has 0 saturated heterocycles. The normalized spacial score (nSPS) is 10.6. The van der Waals surface area contributed by atoms with Crippen LogP contribution in [0.1, 0.15) is 32.1 Å². The molecular formula is C13H28N2O3. The molecule has 0 spiro atoms. The molecule has 0 unspecified atom stereocenters. The Balaban J connectivity index is 3.89. The van der Waals surface area contributed by atoms with E-state index < -0.39 is 0 Å². The van der Waals surface area contributed by atoms with Gasteiger partial charge < -0.3 is 20.1 Å². The lowest BCUT2D eigenvalue weighted by molar-refractivity contribution is -0.132. The molecule has 0 aromatic carbocycles. The molecule has 0 saturated carbocycles. The largest absolute Gasteiger partial charge is 0.385 e. The van der Waals surface area contributed by atoms with Gasteiger partial charge in [-0.15, -0.1) is 0 Å². The number of amides is 1. The van der Waals surface area contributed by atoms with Crippen LogP contribution in [0, 0.1) is 0 Å². The number of nitrogens with zero attached hydrogens (tertiary/aromatic N) is 1. The highest BCUT2D eigenvalue weighted by Gasteiger charge is 2.12. The molecule has 0 aliphatic rings. The van der Waals surface area contributed by atoms with Crippen molar-refractivity contribution in [3.8, 4) is 0 Å². The van der Waals surface area contributed by atoms with E-state index in [-0.39, 0.29) is 5.91 Å². The average molecular weight is 260 g/mol. The first kappa shape index (κ1) is 17.4. The standard InChI is InChI=1S/C13H28N2O3/c1-17-11-6-9-15(10-12-18-2)13(16)7-4-3-5-8-14/h3-12,14H2,1-2H3. The Morgan fingerprint density at radius 1 is 1.00 bits per heavy atom. The molecule has 18 heavy (non-hydrogen) atoms. The summed E-state index contributed by atoms with van der Waals surface area (Å²) in [6.07, 6.45) is 4.42. The van der Waals surface area contributed by atoms with Crippen LogP contribution in [0.3, 0.4) is 0 Å². The Hall–Kier alpha value is -0.650. The van der Waals surface area contributed by atoms with Gasteiger partial charge in [0.15, 0.2) is 0 Å². The highest BCUT2D eigenvalue weighted by Crippen LogP contribution is 2.04. The summed E-state index contributed by atoms with van der Waals surface area (Å²) in [5, 5.41) is 0. The highest BCUT2D eigenvalue weighted by atomic mass is 16.5. The van der Waals surface area contributed by atoms with Crippen LogP contribution in [0.5, 0.6) is 0 Å². The van der Waals surface area contributed by atoms with Gasteiger partial charge in [0.05, 0.1) is 6.61 Å². The number of carbonyl (C=O) groups is 1. The third kappa shape index (κ3) is 9.39. The van der Waals surface area contributed by atoms with Crippen LogP contribution in [0.25, 0.3) is 0 Å². The van der Waals surface area contributed by atoms with Crippen molar-refractivity contribution in [3.63, 3.8) is 0 Å². The number of rotatable bonds is 12. The van der Waals surface area contributed by atoms with Crippen LogP contribution in [0.4, 0.5) is 0 Å². The maximum absolute atomic E-state index is 12.0. The average Bonchev–Trinajstić information content (AvgIpc) is 2.38. The molecule has 1 amide bonds. The third-order valence-electron chi connectivity index (χ3n) is 2.79. The molecule has 5 nitrogen and oxygen atoms in total. The fourth-order valence-electron chi connectivity index (χ4n) is 1.72. The molecule has 0 aliphatic heterocycles. The zero-order chi connectivity index (χ0) is 13.6. The quantitative estimate of drug-likeness (QED) is 0.532. The maximum Gasteiger partial charge on any atom is 0.222 e. The molecule has 108 valence electrons. The lowest BCUT2D eigenvalue weighted by Gasteiger charge is -2.22. The second kappa shape index (κ2) is 12.8. The fraction of sp³-hybridized carbons (Fsp3) is 0.923. The zero-order valence-corrected chi connectivity index (χ0v) is 11.8. The van der Waals surface area contributed by atoms with Crippen molar-refractivity contribution >= 4 is 5.91 Å². The van der Waals surface area contributed by atoms with E-state index in [1.807, 2.05) is 4.90 Å². The minimum Gasteiger partial charge on any atom is -0.385 e. The third-order valence-corrected chi connectivity index (χ3v) is 2.79. The van der Waals surface area contributed by atoms with Crippen LogP contribution >= 0.6 is 0 Å². The summed E-state index contributed by atoms with van der Waals surface area (Å²) < 4.78 is 10.0. The van der Waals surface area contributed by atoms with Crippen molar-refractivity contribution in [2.45, 2.75) is 32.1 Å². The summed E-state index contributed by atoms with van der Waals surface area (Å²) in [6.45, 7) is 3.38. The number of hydrogen-bond acceptors (Lipinski definition) is 4. The van der Waals surface area contributed by atoms with E-state index in [0.717, 1.165) is 32.2 Å². The summed E-state index contributed by atoms with van der Waals surface area (Å²) in [5.74, 6) is 0.208. The monoisotopic (exact) mass is 260 g/mol. The van der Waals surface area contributed by atoms with Crippen molar-refractivity contribution < 1.29 is 14.3 Å².